The summed E-state index contributed by atoms with van der Waals surface area (Å²) in [6.45, 7) is 8.04. The van der Waals surface area contributed by atoms with Crippen LogP contribution in [-0.4, -0.2) is 19.6 Å². The quantitative estimate of drug-likeness (QED) is 0.916. The summed E-state index contributed by atoms with van der Waals surface area (Å²) in [5, 5.41) is 12.6. The molecule has 114 valence electrons. The molecule has 0 saturated heterocycles. The third-order valence-electron chi connectivity index (χ3n) is 4.59. The zero-order chi connectivity index (χ0) is 14.8. The maximum absolute atomic E-state index is 4.70. The summed E-state index contributed by atoms with van der Waals surface area (Å²) >= 11 is 0. The van der Waals surface area contributed by atoms with Gasteiger partial charge in [-0.05, 0) is 33.6 Å². The van der Waals surface area contributed by atoms with E-state index in [-0.39, 0.29) is 0 Å². The lowest BCUT2D eigenvalue weighted by Gasteiger charge is -2.08. The molecule has 2 heterocycles. The molecule has 0 atom stereocenters. The van der Waals surface area contributed by atoms with Crippen molar-refractivity contribution in [2.75, 3.05) is 5.32 Å². The fraction of sp³-hybridized carbons (Fsp3) is 0.625. The molecule has 1 aliphatic rings. The molecule has 2 aromatic rings. The highest BCUT2D eigenvalue weighted by molar-refractivity contribution is 5.46. The van der Waals surface area contributed by atoms with Crippen molar-refractivity contribution < 1.29 is 0 Å². The number of nitrogens with one attached hydrogen (secondary N) is 1. The van der Waals surface area contributed by atoms with E-state index in [1.54, 1.807) is 0 Å². The van der Waals surface area contributed by atoms with E-state index < -0.39 is 0 Å². The Bertz CT molecular complexity index is 604. The van der Waals surface area contributed by atoms with Crippen LogP contribution in [-0.2, 0) is 13.1 Å². The predicted octanol–water partition coefficient (Wildman–Crippen LogP) is 3.44. The number of rotatable bonds is 5. The molecule has 0 radical (unpaired) electrons. The van der Waals surface area contributed by atoms with Crippen LogP contribution < -0.4 is 5.32 Å². The highest BCUT2D eigenvalue weighted by Gasteiger charge is 2.18. The second-order valence-corrected chi connectivity index (χ2v) is 5.97. The van der Waals surface area contributed by atoms with Crippen molar-refractivity contribution in [3.63, 3.8) is 0 Å². The Morgan fingerprint density at radius 2 is 2.05 bits per heavy atom. The van der Waals surface area contributed by atoms with Crippen molar-refractivity contribution in [2.24, 2.45) is 0 Å². The SMILES string of the molecule is CCn1ncc(NCc2cn(C3CCCC3)nc2C)c1C. The highest BCUT2D eigenvalue weighted by atomic mass is 15.3. The van der Waals surface area contributed by atoms with Gasteiger partial charge in [0.25, 0.3) is 0 Å². The van der Waals surface area contributed by atoms with Crippen molar-refractivity contribution >= 4 is 5.69 Å². The van der Waals surface area contributed by atoms with Crippen molar-refractivity contribution in [3.8, 4) is 0 Å². The molecule has 1 N–H and O–H groups in total. The molecule has 0 aliphatic heterocycles. The molecule has 0 unspecified atom stereocenters. The van der Waals surface area contributed by atoms with Crippen LogP contribution >= 0.6 is 0 Å². The molecular weight excluding hydrogens is 262 g/mol. The van der Waals surface area contributed by atoms with Gasteiger partial charge in [0, 0.05) is 24.8 Å². The molecule has 1 saturated carbocycles. The van der Waals surface area contributed by atoms with Gasteiger partial charge in [0.15, 0.2) is 0 Å². The monoisotopic (exact) mass is 287 g/mol. The number of aryl methyl sites for hydroxylation is 2. The molecule has 5 nitrogen and oxygen atoms in total. The lowest BCUT2D eigenvalue weighted by molar-refractivity contribution is 0.464. The molecule has 3 rings (SSSR count). The van der Waals surface area contributed by atoms with Gasteiger partial charge in [0.2, 0.25) is 0 Å². The van der Waals surface area contributed by atoms with Gasteiger partial charge in [-0.15, -0.1) is 0 Å². The summed E-state index contributed by atoms with van der Waals surface area (Å²) in [5.74, 6) is 0. The minimum atomic E-state index is 0.613. The van der Waals surface area contributed by atoms with E-state index in [9.17, 15) is 0 Å². The molecule has 0 aromatic carbocycles. The summed E-state index contributed by atoms with van der Waals surface area (Å²) in [7, 11) is 0. The molecule has 1 aliphatic carbocycles. The van der Waals surface area contributed by atoms with Gasteiger partial charge in [0.1, 0.15) is 0 Å². The first-order chi connectivity index (χ1) is 10.2. The van der Waals surface area contributed by atoms with Crippen LogP contribution in [0.5, 0.6) is 0 Å². The third-order valence-corrected chi connectivity index (χ3v) is 4.59. The van der Waals surface area contributed by atoms with Crippen LogP contribution in [0.4, 0.5) is 5.69 Å². The van der Waals surface area contributed by atoms with Crippen molar-refractivity contribution in [2.45, 2.75) is 65.6 Å². The van der Waals surface area contributed by atoms with Crippen LogP contribution in [0.1, 0.15) is 55.6 Å². The maximum atomic E-state index is 4.70. The van der Waals surface area contributed by atoms with Crippen LogP contribution in [0.25, 0.3) is 0 Å². The Labute approximate surface area is 126 Å². The second-order valence-electron chi connectivity index (χ2n) is 5.97. The fourth-order valence-electron chi connectivity index (χ4n) is 3.18. The van der Waals surface area contributed by atoms with Crippen molar-refractivity contribution in [1.29, 1.82) is 0 Å². The molecule has 5 heteroatoms. The summed E-state index contributed by atoms with van der Waals surface area (Å²) in [6.07, 6.45) is 9.36. The van der Waals surface area contributed by atoms with Crippen LogP contribution in [0.2, 0.25) is 0 Å². The lowest BCUT2D eigenvalue weighted by atomic mass is 10.2. The smallest absolute Gasteiger partial charge is 0.0758 e. The van der Waals surface area contributed by atoms with Crippen molar-refractivity contribution in [3.05, 3.63) is 29.3 Å². The van der Waals surface area contributed by atoms with E-state index in [0.717, 1.165) is 24.5 Å². The first-order valence-corrected chi connectivity index (χ1v) is 8.00. The van der Waals surface area contributed by atoms with E-state index in [1.807, 2.05) is 10.9 Å². The van der Waals surface area contributed by atoms with Gasteiger partial charge < -0.3 is 5.32 Å². The average molecular weight is 287 g/mol. The van der Waals surface area contributed by atoms with Crippen LogP contribution in [0.3, 0.4) is 0 Å². The van der Waals surface area contributed by atoms with E-state index in [2.05, 4.69) is 42.1 Å². The maximum Gasteiger partial charge on any atom is 0.0758 e. The molecular formula is C16H25N5. The Morgan fingerprint density at radius 3 is 2.71 bits per heavy atom. The predicted molar refractivity (Wildman–Crippen MR) is 84.4 cm³/mol. The summed E-state index contributed by atoms with van der Waals surface area (Å²) in [5.41, 5.74) is 4.73. The zero-order valence-corrected chi connectivity index (χ0v) is 13.3. The largest absolute Gasteiger partial charge is 0.378 e. The van der Waals surface area contributed by atoms with E-state index in [1.165, 1.54) is 36.9 Å². The number of nitrogens with zero attached hydrogens (tertiary/aromatic N) is 4. The summed E-state index contributed by atoms with van der Waals surface area (Å²) in [6, 6.07) is 0.613. The lowest BCUT2D eigenvalue weighted by Crippen LogP contribution is -2.05. The van der Waals surface area contributed by atoms with Gasteiger partial charge in [-0.1, -0.05) is 12.8 Å². The number of anilines is 1. The van der Waals surface area contributed by atoms with Crippen LogP contribution in [0.15, 0.2) is 12.4 Å². The Balaban J connectivity index is 1.68. The van der Waals surface area contributed by atoms with Gasteiger partial charge in [-0.25, -0.2) is 0 Å². The molecule has 1 fully saturated rings. The van der Waals surface area contributed by atoms with Gasteiger partial charge in [-0.2, -0.15) is 10.2 Å². The zero-order valence-electron chi connectivity index (χ0n) is 13.3. The Kier molecular flexibility index (Phi) is 3.99. The second kappa shape index (κ2) is 5.92. The summed E-state index contributed by atoms with van der Waals surface area (Å²) < 4.78 is 4.19. The highest BCUT2D eigenvalue weighted by Crippen LogP contribution is 2.29. The standard InChI is InChI=1S/C16H25N5/c1-4-20-13(3)16(10-18-20)17-9-14-11-21(19-12(14)2)15-7-5-6-8-15/h10-11,15,17H,4-9H2,1-3H3. The third kappa shape index (κ3) is 2.82. The topological polar surface area (TPSA) is 47.7 Å². The Morgan fingerprint density at radius 1 is 1.29 bits per heavy atom. The van der Waals surface area contributed by atoms with E-state index in [0.29, 0.717) is 6.04 Å². The number of aromatic nitrogens is 4. The molecule has 0 amide bonds. The van der Waals surface area contributed by atoms with Crippen molar-refractivity contribution in [1.82, 2.24) is 19.6 Å². The normalized spacial score (nSPS) is 15.8. The minimum absolute atomic E-state index is 0.613. The minimum Gasteiger partial charge on any atom is -0.378 e. The molecule has 2 aromatic heterocycles. The number of hydrogen-bond acceptors (Lipinski definition) is 3. The van der Waals surface area contributed by atoms with E-state index >= 15 is 0 Å². The van der Waals surface area contributed by atoms with E-state index in [4.69, 9.17) is 5.10 Å². The van der Waals surface area contributed by atoms with Crippen LogP contribution in [0, 0.1) is 13.8 Å². The van der Waals surface area contributed by atoms with Gasteiger partial charge >= 0.3 is 0 Å². The Hall–Kier alpha value is -1.78. The fourth-order valence-corrected chi connectivity index (χ4v) is 3.18. The summed E-state index contributed by atoms with van der Waals surface area (Å²) in [4.78, 5) is 0. The first-order valence-electron chi connectivity index (χ1n) is 8.00. The average Bonchev–Trinajstić information content (AvgIpc) is 3.17. The first kappa shape index (κ1) is 14.2. The molecule has 0 spiro atoms. The number of hydrogen-bond donors (Lipinski definition) is 1. The molecule has 21 heavy (non-hydrogen) atoms. The molecule has 0 bridgehead atoms. The van der Waals surface area contributed by atoms with Gasteiger partial charge in [-0.3, -0.25) is 9.36 Å². The van der Waals surface area contributed by atoms with Gasteiger partial charge in [0.05, 0.1) is 29.3 Å².